The molecule has 2 unspecified atom stereocenters. The van der Waals surface area contributed by atoms with E-state index in [9.17, 15) is 0 Å². The van der Waals surface area contributed by atoms with Gasteiger partial charge >= 0.3 is 0 Å². The van der Waals surface area contributed by atoms with Crippen molar-refractivity contribution in [2.24, 2.45) is 5.73 Å². The summed E-state index contributed by atoms with van der Waals surface area (Å²) in [6.07, 6.45) is 5.35. The van der Waals surface area contributed by atoms with Crippen LogP contribution in [0, 0.1) is 0 Å². The molecule has 2 atom stereocenters. The minimum Gasteiger partial charge on any atom is -0.374 e. The third-order valence-electron chi connectivity index (χ3n) is 4.27. The molecule has 3 rings (SSSR count). The molecule has 0 amide bonds. The van der Waals surface area contributed by atoms with Gasteiger partial charge in [-0.1, -0.05) is 0 Å². The Morgan fingerprint density at radius 3 is 3.06 bits per heavy atom. The fourth-order valence-corrected chi connectivity index (χ4v) is 3.14. The minimum atomic E-state index is 0.395. The molecular weight excluding hydrogens is 202 g/mol. The third kappa shape index (κ3) is 2.25. The molecular formula is C12H23N3O. The van der Waals surface area contributed by atoms with Crippen molar-refractivity contribution in [2.45, 2.75) is 49.9 Å². The van der Waals surface area contributed by atoms with Gasteiger partial charge in [-0.15, -0.1) is 0 Å². The van der Waals surface area contributed by atoms with Crippen LogP contribution in [0.5, 0.6) is 0 Å². The van der Waals surface area contributed by atoms with Gasteiger partial charge in [0.1, 0.15) is 0 Å². The Morgan fingerprint density at radius 1 is 1.38 bits per heavy atom. The lowest BCUT2D eigenvalue weighted by Crippen LogP contribution is -2.54. The molecule has 4 nitrogen and oxygen atoms in total. The first kappa shape index (κ1) is 11.0. The molecule has 92 valence electrons. The molecule has 1 saturated carbocycles. The molecule has 3 N–H and O–H groups in total. The van der Waals surface area contributed by atoms with Gasteiger partial charge in [0.25, 0.3) is 0 Å². The number of morpholine rings is 1. The lowest BCUT2D eigenvalue weighted by atomic mass is 9.87. The average molecular weight is 225 g/mol. The molecule has 2 aliphatic heterocycles. The van der Waals surface area contributed by atoms with Crippen LogP contribution < -0.4 is 11.1 Å². The lowest BCUT2D eigenvalue weighted by Gasteiger charge is -2.38. The van der Waals surface area contributed by atoms with Crippen molar-refractivity contribution in [3.8, 4) is 0 Å². The van der Waals surface area contributed by atoms with Gasteiger partial charge in [0.05, 0.1) is 12.7 Å². The molecule has 2 saturated heterocycles. The van der Waals surface area contributed by atoms with Crippen molar-refractivity contribution in [3.63, 3.8) is 0 Å². The van der Waals surface area contributed by atoms with Crippen LogP contribution in [0.2, 0.25) is 0 Å². The van der Waals surface area contributed by atoms with Gasteiger partial charge in [-0.3, -0.25) is 4.90 Å². The van der Waals surface area contributed by atoms with E-state index in [0.717, 1.165) is 32.5 Å². The third-order valence-corrected chi connectivity index (χ3v) is 4.27. The summed E-state index contributed by atoms with van der Waals surface area (Å²) in [5.74, 6) is 0. The molecule has 0 aromatic carbocycles. The normalized spacial score (nSPS) is 44.1. The Morgan fingerprint density at radius 2 is 2.25 bits per heavy atom. The molecule has 0 spiro atoms. The monoisotopic (exact) mass is 225 g/mol. The van der Waals surface area contributed by atoms with E-state index >= 15 is 0 Å². The Labute approximate surface area is 97.5 Å². The number of nitrogens with one attached hydrogen (secondary N) is 1. The second-order valence-electron chi connectivity index (χ2n) is 5.58. The summed E-state index contributed by atoms with van der Waals surface area (Å²) in [7, 11) is 0. The zero-order valence-corrected chi connectivity index (χ0v) is 9.90. The van der Waals surface area contributed by atoms with Gasteiger partial charge in [-0.05, 0) is 32.2 Å². The van der Waals surface area contributed by atoms with Crippen molar-refractivity contribution >= 4 is 0 Å². The molecule has 1 aliphatic carbocycles. The Balaban J connectivity index is 1.39. The maximum Gasteiger partial charge on any atom is 0.0827 e. The number of hydrogen-bond acceptors (Lipinski definition) is 4. The Kier molecular flexibility index (Phi) is 3.16. The largest absolute Gasteiger partial charge is 0.374 e. The van der Waals surface area contributed by atoms with Crippen LogP contribution in [-0.2, 0) is 4.74 Å². The summed E-state index contributed by atoms with van der Waals surface area (Å²) >= 11 is 0. The van der Waals surface area contributed by atoms with E-state index in [4.69, 9.17) is 10.5 Å². The molecule has 0 bridgehead atoms. The smallest absolute Gasteiger partial charge is 0.0827 e. The second-order valence-corrected chi connectivity index (χ2v) is 5.58. The number of fused-ring (bicyclic) bond motifs is 1. The first-order valence-corrected chi connectivity index (χ1v) is 6.66. The standard InChI is InChI=1S/C12H23N3O/c13-9-4-10(5-9)14-6-12-7-15-3-1-2-11(15)8-16-12/h9-12,14H,1-8,13H2. The molecule has 3 aliphatic rings. The predicted molar refractivity (Wildman–Crippen MR) is 63.3 cm³/mol. The average Bonchev–Trinajstić information content (AvgIpc) is 2.69. The number of nitrogens with zero attached hydrogens (tertiary/aromatic N) is 1. The van der Waals surface area contributed by atoms with Gasteiger partial charge in [0, 0.05) is 31.2 Å². The highest BCUT2D eigenvalue weighted by Gasteiger charge is 2.33. The predicted octanol–water partition coefficient (Wildman–Crippen LogP) is -0.0711. The maximum absolute atomic E-state index is 5.90. The quantitative estimate of drug-likeness (QED) is 0.706. The summed E-state index contributed by atoms with van der Waals surface area (Å²) in [6.45, 7) is 4.34. The van der Waals surface area contributed by atoms with Crippen molar-refractivity contribution in [3.05, 3.63) is 0 Å². The van der Waals surface area contributed by atoms with E-state index in [2.05, 4.69) is 10.2 Å². The van der Waals surface area contributed by atoms with Gasteiger partial charge < -0.3 is 15.8 Å². The summed E-state index contributed by atoms with van der Waals surface area (Å²) in [5, 5.41) is 3.57. The number of rotatable bonds is 3. The molecule has 0 aromatic heterocycles. The highest BCUT2D eigenvalue weighted by molar-refractivity contribution is 4.90. The van der Waals surface area contributed by atoms with Crippen LogP contribution in [0.4, 0.5) is 0 Å². The van der Waals surface area contributed by atoms with E-state index in [1.54, 1.807) is 0 Å². The van der Waals surface area contributed by atoms with Crippen LogP contribution in [0.25, 0.3) is 0 Å². The van der Waals surface area contributed by atoms with Crippen molar-refractivity contribution < 1.29 is 4.74 Å². The molecule has 0 radical (unpaired) electrons. The number of nitrogens with two attached hydrogens (primary N) is 1. The summed E-state index contributed by atoms with van der Waals surface area (Å²) in [4.78, 5) is 2.60. The first-order valence-electron chi connectivity index (χ1n) is 6.66. The van der Waals surface area contributed by atoms with Crippen LogP contribution in [0.3, 0.4) is 0 Å². The lowest BCUT2D eigenvalue weighted by molar-refractivity contribution is -0.0488. The highest BCUT2D eigenvalue weighted by Crippen LogP contribution is 2.23. The van der Waals surface area contributed by atoms with Gasteiger partial charge in [0.2, 0.25) is 0 Å². The maximum atomic E-state index is 5.90. The van der Waals surface area contributed by atoms with E-state index in [1.807, 2.05) is 0 Å². The van der Waals surface area contributed by atoms with E-state index in [-0.39, 0.29) is 0 Å². The van der Waals surface area contributed by atoms with Crippen molar-refractivity contribution in [1.29, 1.82) is 0 Å². The zero-order chi connectivity index (χ0) is 11.0. The van der Waals surface area contributed by atoms with Crippen LogP contribution >= 0.6 is 0 Å². The van der Waals surface area contributed by atoms with Crippen LogP contribution in [0.1, 0.15) is 25.7 Å². The van der Waals surface area contributed by atoms with Gasteiger partial charge in [-0.2, -0.15) is 0 Å². The van der Waals surface area contributed by atoms with E-state index in [0.29, 0.717) is 24.2 Å². The minimum absolute atomic E-state index is 0.395. The second kappa shape index (κ2) is 4.61. The summed E-state index contributed by atoms with van der Waals surface area (Å²) in [5.41, 5.74) is 5.77. The molecule has 3 fully saturated rings. The van der Waals surface area contributed by atoms with Crippen LogP contribution in [-0.4, -0.2) is 55.4 Å². The molecule has 0 aromatic rings. The number of ether oxygens (including phenoxy) is 1. The van der Waals surface area contributed by atoms with E-state index in [1.165, 1.54) is 19.4 Å². The molecule has 2 heterocycles. The molecule has 4 heteroatoms. The number of hydrogen-bond donors (Lipinski definition) is 2. The van der Waals surface area contributed by atoms with E-state index < -0.39 is 0 Å². The fourth-order valence-electron chi connectivity index (χ4n) is 3.14. The zero-order valence-electron chi connectivity index (χ0n) is 9.90. The van der Waals surface area contributed by atoms with Gasteiger partial charge in [-0.25, -0.2) is 0 Å². The Bertz CT molecular complexity index is 242. The summed E-state index contributed by atoms with van der Waals surface area (Å²) in [6, 6.07) is 1.80. The van der Waals surface area contributed by atoms with Crippen LogP contribution in [0.15, 0.2) is 0 Å². The highest BCUT2D eigenvalue weighted by atomic mass is 16.5. The van der Waals surface area contributed by atoms with Crippen molar-refractivity contribution in [1.82, 2.24) is 10.2 Å². The SMILES string of the molecule is NC1CC(NCC2CN3CCCC3CO2)C1. The topological polar surface area (TPSA) is 50.5 Å². The van der Waals surface area contributed by atoms with Gasteiger partial charge in [0.15, 0.2) is 0 Å². The molecule has 16 heavy (non-hydrogen) atoms. The fraction of sp³-hybridized carbons (Fsp3) is 1.00. The van der Waals surface area contributed by atoms with Crippen molar-refractivity contribution in [2.75, 3.05) is 26.2 Å². The Hall–Kier alpha value is -0.160. The first-order chi connectivity index (χ1) is 7.81. The summed E-state index contributed by atoms with van der Waals surface area (Å²) < 4.78 is 5.90.